The predicted molar refractivity (Wildman–Crippen MR) is 121 cm³/mol. The Labute approximate surface area is 211 Å². The van der Waals surface area contributed by atoms with Gasteiger partial charge in [-0.1, -0.05) is 24.8 Å². The molecule has 0 spiro atoms. The van der Waals surface area contributed by atoms with Crippen LogP contribution >= 0.6 is 23.2 Å². The molecule has 1 aliphatic heterocycles. The van der Waals surface area contributed by atoms with Gasteiger partial charge in [0.2, 0.25) is 5.82 Å². The first-order valence-corrected chi connectivity index (χ1v) is 11.2. The van der Waals surface area contributed by atoms with Crippen LogP contribution in [0.15, 0.2) is 42.5 Å². The second-order valence-corrected chi connectivity index (χ2v) is 9.32. The number of hydrogen-bond acceptors (Lipinski definition) is 4. The summed E-state index contributed by atoms with van der Waals surface area (Å²) in [5.41, 5.74) is -1.30. The molecule has 2 aromatic carbocycles. The van der Waals surface area contributed by atoms with Gasteiger partial charge in [-0.2, -0.15) is 0 Å². The number of carbonyl (C=O) groups excluding carboxylic acids is 2. The van der Waals surface area contributed by atoms with Crippen LogP contribution in [0.5, 0.6) is 11.5 Å². The molecule has 3 atom stereocenters. The van der Waals surface area contributed by atoms with Crippen LogP contribution in [0.3, 0.4) is 0 Å². The van der Waals surface area contributed by atoms with Gasteiger partial charge in [0.25, 0.3) is 11.8 Å². The lowest BCUT2D eigenvalue weighted by atomic mass is 9.68. The predicted octanol–water partition coefficient (Wildman–Crippen LogP) is 5.61. The van der Waals surface area contributed by atoms with Gasteiger partial charge >= 0.3 is 0 Å². The third kappa shape index (κ3) is 3.27. The molecule has 1 saturated heterocycles. The molecule has 0 radical (unpaired) electrons. The summed E-state index contributed by atoms with van der Waals surface area (Å²) in [6, 6.07) is 3.91. The normalized spacial score (nSPS) is 25.6. The van der Waals surface area contributed by atoms with Crippen LogP contribution in [0, 0.1) is 29.1 Å². The zero-order chi connectivity index (χ0) is 26.7. The van der Waals surface area contributed by atoms with Gasteiger partial charge in [-0.15, -0.1) is 23.2 Å². The summed E-state index contributed by atoms with van der Waals surface area (Å²) in [6.45, 7) is 5.47. The number of alkyl halides is 2. The molecule has 1 heterocycles. The average molecular weight is 548 g/mol. The summed E-state index contributed by atoms with van der Waals surface area (Å²) in [6.07, 6.45) is 2.31. The number of carbonyl (C=O) groups is 2. The van der Waals surface area contributed by atoms with E-state index in [0.717, 1.165) is 0 Å². The second kappa shape index (κ2) is 8.77. The number of anilines is 1. The number of fused-ring (bicyclic) bond motifs is 1. The van der Waals surface area contributed by atoms with Crippen LogP contribution in [0.2, 0.25) is 0 Å². The molecule has 0 unspecified atom stereocenters. The largest absolute Gasteiger partial charge is 0.504 e. The molecule has 5 nitrogen and oxygen atoms in total. The van der Waals surface area contributed by atoms with E-state index < -0.39 is 68.7 Å². The highest BCUT2D eigenvalue weighted by Crippen LogP contribution is 2.60. The van der Waals surface area contributed by atoms with Gasteiger partial charge in [-0.3, -0.25) is 9.59 Å². The number of benzene rings is 2. The van der Waals surface area contributed by atoms with E-state index in [0.29, 0.717) is 0 Å². The quantitative estimate of drug-likeness (QED) is 0.173. The van der Waals surface area contributed by atoms with E-state index in [-0.39, 0.29) is 34.1 Å². The third-order valence-electron chi connectivity index (χ3n) is 6.25. The Hall–Kier alpha value is -3.11. The molecule has 0 bridgehead atoms. The van der Waals surface area contributed by atoms with E-state index >= 15 is 0 Å². The third-order valence-corrected chi connectivity index (χ3v) is 7.66. The van der Waals surface area contributed by atoms with Crippen molar-refractivity contribution in [2.45, 2.75) is 29.0 Å². The molecule has 190 valence electrons. The van der Waals surface area contributed by atoms with Gasteiger partial charge in [-0.05, 0) is 36.6 Å². The molecule has 2 aliphatic rings. The highest BCUT2D eigenvalue weighted by Gasteiger charge is 2.73. The number of allylic oxidation sites excluding steroid dienone is 3. The number of rotatable bonds is 5. The first-order chi connectivity index (χ1) is 16.9. The minimum Gasteiger partial charge on any atom is -0.504 e. The number of hydrogen-bond donors (Lipinski definition) is 1. The van der Waals surface area contributed by atoms with Crippen molar-refractivity contribution in [1.29, 1.82) is 0 Å². The smallest absolute Gasteiger partial charge is 0.258 e. The van der Waals surface area contributed by atoms with Crippen molar-refractivity contribution in [2.75, 3.05) is 11.5 Å². The SMILES string of the molecule is C=CC1=CC[C@@]2(Cl)C(=O)N(c3c(F)c(F)c(F)c(F)c3F)C(=O)[C@@]2(Cl)[C@H]1c1ccc(O)c(OCC)c1. The molecule has 4 rings (SSSR count). The lowest BCUT2D eigenvalue weighted by molar-refractivity contribution is -0.122. The Morgan fingerprint density at radius 2 is 1.67 bits per heavy atom. The maximum absolute atomic E-state index is 14.6. The number of imide groups is 1. The molecule has 1 aliphatic carbocycles. The molecule has 2 amide bonds. The zero-order valence-electron chi connectivity index (χ0n) is 18.4. The van der Waals surface area contributed by atoms with E-state index in [1.54, 1.807) is 6.92 Å². The fourth-order valence-electron chi connectivity index (χ4n) is 4.55. The topological polar surface area (TPSA) is 66.8 Å². The fraction of sp³-hybridized carbons (Fsp3) is 0.250. The highest BCUT2D eigenvalue weighted by atomic mass is 35.5. The molecule has 12 heteroatoms. The summed E-state index contributed by atoms with van der Waals surface area (Å²) >= 11 is 13.4. The number of aromatic hydroxyl groups is 1. The molecule has 2 aromatic rings. The number of halogens is 7. The van der Waals surface area contributed by atoms with Crippen LogP contribution in [0.25, 0.3) is 0 Å². The van der Waals surface area contributed by atoms with Gasteiger partial charge in [0, 0.05) is 5.92 Å². The number of phenolic OH excluding ortho intramolecular Hbond substituents is 1. The van der Waals surface area contributed by atoms with Crippen molar-refractivity contribution in [3.8, 4) is 11.5 Å². The van der Waals surface area contributed by atoms with Crippen molar-refractivity contribution < 1.29 is 41.4 Å². The van der Waals surface area contributed by atoms with Gasteiger partial charge in [-0.25, -0.2) is 26.9 Å². The second-order valence-electron chi connectivity index (χ2n) is 8.08. The van der Waals surface area contributed by atoms with Crippen LogP contribution in [-0.2, 0) is 9.59 Å². The van der Waals surface area contributed by atoms with E-state index in [9.17, 15) is 36.6 Å². The van der Waals surface area contributed by atoms with Crippen molar-refractivity contribution in [2.24, 2.45) is 0 Å². The van der Waals surface area contributed by atoms with Crippen LogP contribution < -0.4 is 9.64 Å². The average Bonchev–Trinajstić information content (AvgIpc) is 3.00. The van der Waals surface area contributed by atoms with Crippen LogP contribution in [0.4, 0.5) is 27.6 Å². The zero-order valence-corrected chi connectivity index (χ0v) is 19.9. The van der Waals surface area contributed by atoms with Crippen molar-refractivity contribution >= 4 is 40.7 Å². The summed E-state index contributed by atoms with van der Waals surface area (Å²) in [7, 11) is 0. The molecule has 0 aromatic heterocycles. The Bertz CT molecular complexity index is 1340. The Morgan fingerprint density at radius 1 is 1.08 bits per heavy atom. The van der Waals surface area contributed by atoms with Gasteiger partial charge < -0.3 is 9.84 Å². The van der Waals surface area contributed by atoms with Crippen LogP contribution in [-0.4, -0.2) is 33.3 Å². The maximum atomic E-state index is 14.6. The Morgan fingerprint density at radius 3 is 2.22 bits per heavy atom. The number of amides is 2. The van der Waals surface area contributed by atoms with Crippen molar-refractivity contribution in [1.82, 2.24) is 0 Å². The first-order valence-electron chi connectivity index (χ1n) is 10.4. The molecule has 0 saturated carbocycles. The van der Waals surface area contributed by atoms with Gasteiger partial charge in [0.05, 0.1) is 6.61 Å². The minimum absolute atomic E-state index is 0.00202. The number of phenols is 1. The number of ether oxygens (including phenoxy) is 1. The summed E-state index contributed by atoms with van der Waals surface area (Å²) in [5.74, 6) is -16.5. The van der Waals surface area contributed by atoms with Crippen molar-refractivity contribution in [3.63, 3.8) is 0 Å². The monoisotopic (exact) mass is 547 g/mol. The molecular formula is C24H16Cl2F5NO4. The molecular weight excluding hydrogens is 532 g/mol. The maximum Gasteiger partial charge on any atom is 0.258 e. The Balaban J connectivity index is 1.98. The summed E-state index contributed by atoms with van der Waals surface area (Å²) in [5, 5.41) is 10.1. The summed E-state index contributed by atoms with van der Waals surface area (Å²) in [4.78, 5) is 22.0. The van der Waals surface area contributed by atoms with E-state index in [4.69, 9.17) is 27.9 Å². The minimum atomic E-state index is -2.50. The van der Waals surface area contributed by atoms with Crippen molar-refractivity contribution in [3.05, 3.63) is 77.2 Å². The van der Waals surface area contributed by atoms with E-state index in [2.05, 4.69) is 6.58 Å². The summed E-state index contributed by atoms with van der Waals surface area (Å²) < 4.78 is 76.2. The van der Waals surface area contributed by atoms with Gasteiger partial charge in [0.15, 0.2) is 44.5 Å². The fourth-order valence-corrected chi connectivity index (χ4v) is 5.39. The molecule has 1 fully saturated rings. The standard InChI is InChI=1S/C24H16Cl2F5NO4/c1-3-10-7-8-23(25)21(34)32(20-18(30)16(28)15(27)17(29)19(20)31)22(35)24(23,26)14(10)11-5-6-12(33)13(9-11)36-4-2/h3,5-7,9,14,33H,1,4,8H2,2H3/t14-,23-,24+/m1/s1. The lowest BCUT2D eigenvalue weighted by Gasteiger charge is -2.42. The lowest BCUT2D eigenvalue weighted by Crippen LogP contribution is -2.54. The molecule has 36 heavy (non-hydrogen) atoms. The number of nitrogens with zero attached hydrogens (tertiary/aromatic N) is 1. The van der Waals surface area contributed by atoms with Gasteiger partial charge in [0.1, 0.15) is 5.69 Å². The first kappa shape index (κ1) is 26.0. The highest BCUT2D eigenvalue weighted by molar-refractivity contribution is 6.58. The Kier molecular flexibility index (Phi) is 6.33. The molecule has 1 N–H and O–H groups in total. The van der Waals surface area contributed by atoms with E-state index in [1.165, 1.54) is 30.4 Å². The van der Waals surface area contributed by atoms with Crippen LogP contribution in [0.1, 0.15) is 24.8 Å². The van der Waals surface area contributed by atoms with E-state index in [1.807, 2.05) is 0 Å².